The molecule has 19 heavy (non-hydrogen) atoms. The Bertz CT molecular complexity index is 936. The molecule has 0 aliphatic carbocycles. The summed E-state index contributed by atoms with van der Waals surface area (Å²) >= 11 is 3.43. The molecular weight excluding hydrogens is 304 g/mol. The summed E-state index contributed by atoms with van der Waals surface area (Å²) in [6.45, 7) is 0. The second kappa shape index (κ2) is 3.93. The van der Waals surface area contributed by atoms with Crippen molar-refractivity contribution in [2.45, 2.75) is 0 Å². The van der Waals surface area contributed by atoms with Gasteiger partial charge in [-0.05, 0) is 30.3 Å². The molecule has 2 aromatic heterocycles. The van der Waals surface area contributed by atoms with Crippen LogP contribution >= 0.6 is 15.9 Å². The summed E-state index contributed by atoms with van der Waals surface area (Å²) < 4.78 is 0.974. The number of hydrogen-bond donors (Lipinski definition) is 0. The van der Waals surface area contributed by atoms with Crippen molar-refractivity contribution in [1.29, 1.82) is 0 Å². The van der Waals surface area contributed by atoms with Gasteiger partial charge in [0.2, 0.25) is 0 Å². The number of hydrogen-bond acceptors (Lipinski definition) is 4. The van der Waals surface area contributed by atoms with E-state index in [1.165, 1.54) is 0 Å². The van der Waals surface area contributed by atoms with Gasteiger partial charge in [0.15, 0.2) is 11.3 Å². The molecule has 2 heterocycles. The number of nitrogens with zero attached hydrogens (tertiary/aromatic N) is 4. The number of aromatic nitrogens is 4. The minimum atomic E-state index is 0.573. The molecule has 0 radical (unpaired) electrons. The molecule has 0 aliphatic rings. The monoisotopic (exact) mass is 310 g/mol. The van der Waals surface area contributed by atoms with E-state index in [1.54, 1.807) is 0 Å². The van der Waals surface area contributed by atoms with Crippen molar-refractivity contribution in [3.05, 3.63) is 46.9 Å². The smallest absolute Gasteiger partial charge is 0.199 e. The Morgan fingerprint density at radius 3 is 1.79 bits per heavy atom. The molecule has 0 atom stereocenters. The second-order valence-corrected chi connectivity index (χ2v) is 5.13. The minimum absolute atomic E-state index is 0.573. The lowest BCUT2D eigenvalue weighted by Gasteiger charge is -2.02. The number of benzene rings is 2. The van der Waals surface area contributed by atoms with Gasteiger partial charge in [-0.25, -0.2) is 19.9 Å². The third kappa shape index (κ3) is 1.74. The van der Waals surface area contributed by atoms with Gasteiger partial charge in [0.1, 0.15) is 0 Å². The van der Waals surface area contributed by atoms with Gasteiger partial charge in [-0.1, -0.05) is 28.1 Å². The van der Waals surface area contributed by atoms with Crippen LogP contribution in [0, 0.1) is 0 Å². The van der Waals surface area contributed by atoms with Crippen LogP contribution in [-0.4, -0.2) is 19.9 Å². The molecule has 4 aromatic rings. The molecule has 5 heteroatoms. The molecule has 0 bridgehead atoms. The Hall–Kier alpha value is -2.14. The number of rotatable bonds is 0. The number of fused-ring (bicyclic) bond motifs is 3. The Kier molecular flexibility index (Phi) is 2.22. The number of halogens is 1. The van der Waals surface area contributed by atoms with E-state index in [1.807, 2.05) is 42.5 Å². The van der Waals surface area contributed by atoms with Crippen LogP contribution in [-0.2, 0) is 0 Å². The molecule has 0 spiro atoms. The lowest BCUT2D eigenvalue weighted by atomic mass is 10.3. The molecule has 0 saturated heterocycles. The molecule has 4 rings (SSSR count). The quantitative estimate of drug-likeness (QED) is 0.466. The van der Waals surface area contributed by atoms with Gasteiger partial charge in [-0.15, -0.1) is 0 Å². The molecule has 0 N–H and O–H groups in total. The van der Waals surface area contributed by atoms with E-state index in [9.17, 15) is 0 Å². The SMILES string of the molecule is Brc1ccc2nc3nc4ccccc4nc3nc2c1. The Labute approximate surface area is 116 Å². The third-order valence-corrected chi connectivity index (χ3v) is 3.42. The average Bonchev–Trinajstić information content (AvgIpc) is 2.43. The molecule has 2 aromatic carbocycles. The highest BCUT2D eigenvalue weighted by atomic mass is 79.9. The Balaban J connectivity index is 2.16. The first-order chi connectivity index (χ1) is 9.29. The van der Waals surface area contributed by atoms with Crippen molar-refractivity contribution in [3.8, 4) is 0 Å². The molecule has 4 nitrogen and oxygen atoms in total. The van der Waals surface area contributed by atoms with Crippen molar-refractivity contribution in [2.24, 2.45) is 0 Å². The van der Waals surface area contributed by atoms with Crippen molar-refractivity contribution < 1.29 is 0 Å². The highest BCUT2D eigenvalue weighted by Gasteiger charge is 2.06. The maximum atomic E-state index is 4.52. The van der Waals surface area contributed by atoms with Crippen LogP contribution in [0.25, 0.3) is 33.4 Å². The fourth-order valence-corrected chi connectivity index (χ4v) is 2.39. The van der Waals surface area contributed by atoms with Gasteiger partial charge >= 0.3 is 0 Å². The van der Waals surface area contributed by atoms with E-state index >= 15 is 0 Å². The topological polar surface area (TPSA) is 51.6 Å². The molecule has 0 fully saturated rings. The van der Waals surface area contributed by atoms with Gasteiger partial charge < -0.3 is 0 Å². The molecule has 90 valence electrons. The van der Waals surface area contributed by atoms with E-state index in [-0.39, 0.29) is 0 Å². The molecule has 0 aliphatic heterocycles. The van der Waals surface area contributed by atoms with Crippen LogP contribution in [0.1, 0.15) is 0 Å². The Morgan fingerprint density at radius 1 is 0.632 bits per heavy atom. The summed E-state index contributed by atoms with van der Waals surface area (Å²) in [5.74, 6) is 0. The fourth-order valence-electron chi connectivity index (χ4n) is 2.04. The summed E-state index contributed by atoms with van der Waals surface area (Å²) in [6.07, 6.45) is 0. The third-order valence-electron chi connectivity index (χ3n) is 2.92. The van der Waals surface area contributed by atoms with E-state index in [0.717, 1.165) is 26.5 Å². The van der Waals surface area contributed by atoms with Crippen LogP contribution in [0.3, 0.4) is 0 Å². The zero-order valence-electron chi connectivity index (χ0n) is 9.71. The highest BCUT2D eigenvalue weighted by molar-refractivity contribution is 9.10. The van der Waals surface area contributed by atoms with E-state index < -0.39 is 0 Å². The standard InChI is InChI=1S/C14H7BrN4/c15-8-5-6-11-12(7-8)19-14-13(18-11)16-9-3-1-2-4-10(9)17-14/h1-7H. The summed E-state index contributed by atoms with van der Waals surface area (Å²) in [5.41, 5.74) is 4.45. The molecule has 0 unspecified atom stereocenters. The van der Waals surface area contributed by atoms with Crippen molar-refractivity contribution in [1.82, 2.24) is 19.9 Å². The average molecular weight is 311 g/mol. The summed E-state index contributed by atoms with van der Waals surface area (Å²) in [4.78, 5) is 18.0. The highest BCUT2D eigenvalue weighted by Crippen LogP contribution is 2.20. The van der Waals surface area contributed by atoms with Crippen LogP contribution in [0.4, 0.5) is 0 Å². The summed E-state index contributed by atoms with van der Waals surface area (Å²) in [7, 11) is 0. The van der Waals surface area contributed by atoms with E-state index in [0.29, 0.717) is 11.3 Å². The maximum absolute atomic E-state index is 4.52. The summed E-state index contributed by atoms with van der Waals surface area (Å²) in [6, 6.07) is 13.5. The first-order valence-corrected chi connectivity index (χ1v) is 6.59. The zero-order chi connectivity index (χ0) is 12.8. The molecular formula is C14H7BrN4. The van der Waals surface area contributed by atoms with Crippen LogP contribution in [0.5, 0.6) is 0 Å². The molecule has 0 saturated carbocycles. The van der Waals surface area contributed by atoms with Crippen LogP contribution < -0.4 is 0 Å². The lowest BCUT2D eigenvalue weighted by molar-refractivity contribution is 1.26. The van der Waals surface area contributed by atoms with E-state index in [2.05, 4.69) is 35.9 Å². The Morgan fingerprint density at radius 2 is 1.16 bits per heavy atom. The van der Waals surface area contributed by atoms with Gasteiger partial charge in [0.25, 0.3) is 0 Å². The first-order valence-electron chi connectivity index (χ1n) is 5.79. The van der Waals surface area contributed by atoms with Gasteiger partial charge in [0, 0.05) is 4.47 Å². The normalized spacial score (nSPS) is 11.4. The predicted molar refractivity (Wildman–Crippen MR) is 77.8 cm³/mol. The first kappa shape index (κ1) is 10.8. The largest absolute Gasteiger partial charge is 0.224 e. The van der Waals surface area contributed by atoms with Gasteiger partial charge in [-0.3, -0.25) is 0 Å². The minimum Gasteiger partial charge on any atom is -0.224 e. The van der Waals surface area contributed by atoms with Crippen molar-refractivity contribution in [3.63, 3.8) is 0 Å². The summed E-state index contributed by atoms with van der Waals surface area (Å²) in [5, 5.41) is 0. The van der Waals surface area contributed by atoms with Crippen molar-refractivity contribution in [2.75, 3.05) is 0 Å². The second-order valence-electron chi connectivity index (χ2n) is 4.22. The van der Waals surface area contributed by atoms with E-state index in [4.69, 9.17) is 0 Å². The lowest BCUT2D eigenvalue weighted by Crippen LogP contribution is -1.94. The number of para-hydroxylation sites is 2. The molecule has 0 amide bonds. The maximum Gasteiger partial charge on any atom is 0.199 e. The van der Waals surface area contributed by atoms with Gasteiger partial charge in [0.05, 0.1) is 22.1 Å². The van der Waals surface area contributed by atoms with Crippen LogP contribution in [0.15, 0.2) is 46.9 Å². The zero-order valence-corrected chi connectivity index (χ0v) is 11.3. The van der Waals surface area contributed by atoms with Gasteiger partial charge in [-0.2, -0.15) is 0 Å². The fraction of sp³-hybridized carbons (Fsp3) is 0. The predicted octanol–water partition coefficient (Wildman–Crippen LogP) is 3.49. The van der Waals surface area contributed by atoms with Crippen LogP contribution in [0.2, 0.25) is 0 Å². The van der Waals surface area contributed by atoms with Crippen molar-refractivity contribution >= 4 is 49.3 Å².